The quantitative estimate of drug-likeness (QED) is 0.153. The number of ether oxygens (including phenoxy) is 1. The number of carbonyl (C=O) groups is 3. The second-order valence-electron chi connectivity index (χ2n) is 16.6. The molecule has 0 radical (unpaired) electrons. The van der Waals surface area contributed by atoms with Crippen molar-refractivity contribution in [2.24, 2.45) is 38.4 Å². The monoisotopic (exact) mass is 572 g/mol. The highest BCUT2D eigenvalue weighted by molar-refractivity contribution is 5.89. The molecule has 0 N–H and O–H groups in total. The first-order valence-corrected chi connectivity index (χ1v) is 16.6. The molecule has 2 fully saturated rings. The number of hydrogen-bond acceptors (Lipinski definition) is 4. The molecular weight excluding hydrogens is 508 g/mol. The van der Waals surface area contributed by atoms with Gasteiger partial charge in [0.25, 0.3) is 0 Å². The number of ketones is 2. The van der Waals surface area contributed by atoms with Crippen molar-refractivity contribution in [1.29, 1.82) is 0 Å². The zero-order valence-corrected chi connectivity index (χ0v) is 29.0. The second-order valence-corrected chi connectivity index (χ2v) is 16.6. The summed E-state index contributed by atoms with van der Waals surface area (Å²) in [5.74, 6) is 0.635. The van der Waals surface area contributed by atoms with Crippen LogP contribution in [0.2, 0.25) is 0 Å². The van der Waals surface area contributed by atoms with Crippen molar-refractivity contribution in [3.8, 4) is 0 Å². The first-order valence-electron chi connectivity index (χ1n) is 16.6. The first-order chi connectivity index (χ1) is 18.7. The molecule has 0 amide bonds. The Balaban J connectivity index is 2.40. The Labute approximate surface area is 253 Å². The summed E-state index contributed by atoms with van der Waals surface area (Å²) in [7, 11) is 0. The van der Waals surface area contributed by atoms with Gasteiger partial charge in [-0.3, -0.25) is 14.4 Å². The van der Waals surface area contributed by atoms with Gasteiger partial charge < -0.3 is 4.74 Å². The van der Waals surface area contributed by atoms with Gasteiger partial charge in [0.2, 0.25) is 0 Å². The van der Waals surface area contributed by atoms with Gasteiger partial charge in [-0.1, -0.05) is 81.2 Å². The number of carbonyl (C=O) groups excluding carboxylic acids is 3. The molecule has 0 heterocycles. The van der Waals surface area contributed by atoms with Crippen molar-refractivity contribution in [2.45, 2.75) is 160 Å². The lowest BCUT2D eigenvalue weighted by Gasteiger charge is -2.62. The van der Waals surface area contributed by atoms with Gasteiger partial charge in [0, 0.05) is 18.3 Å². The third-order valence-electron chi connectivity index (χ3n) is 12.1. The van der Waals surface area contributed by atoms with Crippen molar-refractivity contribution < 1.29 is 19.1 Å². The van der Waals surface area contributed by atoms with Gasteiger partial charge in [0.1, 0.15) is 5.78 Å². The molecule has 2 rings (SSSR count). The fourth-order valence-electron chi connectivity index (χ4n) is 8.63. The minimum Gasteiger partial charge on any atom is -0.466 e. The van der Waals surface area contributed by atoms with E-state index in [4.69, 9.17) is 4.74 Å². The lowest BCUT2D eigenvalue weighted by Crippen LogP contribution is -2.56. The van der Waals surface area contributed by atoms with E-state index >= 15 is 0 Å². The summed E-state index contributed by atoms with van der Waals surface area (Å²) in [5.41, 5.74) is 0.863. The molecule has 4 nitrogen and oxygen atoms in total. The van der Waals surface area contributed by atoms with Gasteiger partial charge in [-0.2, -0.15) is 0 Å². The van der Waals surface area contributed by atoms with Gasteiger partial charge in [-0.25, -0.2) is 0 Å². The molecule has 4 heteroatoms. The van der Waals surface area contributed by atoms with Gasteiger partial charge >= 0.3 is 5.97 Å². The summed E-state index contributed by atoms with van der Waals surface area (Å²) in [6.45, 7) is 27.2. The largest absolute Gasteiger partial charge is 0.466 e. The molecule has 0 aromatic heterocycles. The van der Waals surface area contributed by atoms with E-state index in [1.807, 2.05) is 13.0 Å². The zero-order valence-electron chi connectivity index (χ0n) is 29.0. The van der Waals surface area contributed by atoms with Crippen LogP contribution in [0, 0.1) is 38.4 Å². The van der Waals surface area contributed by atoms with Crippen LogP contribution in [0.3, 0.4) is 0 Å². The summed E-state index contributed by atoms with van der Waals surface area (Å²) >= 11 is 0. The predicted octanol–water partition coefficient (Wildman–Crippen LogP) is 10.1. The predicted molar refractivity (Wildman–Crippen MR) is 171 cm³/mol. The maximum atomic E-state index is 13.0. The molecule has 0 aromatic rings. The van der Waals surface area contributed by atoms with Crippen molar-refractivity contribution in [2.75, 3.05) is 6.61 Å². The van der Waals surface area contributed by atoms with E-state index in [0.29, 0.717) is 25.2 Å². The number of fused-ring (bicyclic) bond motifs is 1. The van der Waals surface area contributed by atoms with E-state index in [1.165, 1.54) is 18.4 Å². The van der Waals surface area contributed by atoms with Crippen LogP contribution in [0.1, 0.15) is 160 Å². The van der Waals surface area contributed by atoms with E-state index < -0.39 is 0 Å². The van der Waals surface area contributed by atoms with Gasteiger partial charge in [-0.15, -0.1) is 0 Å². The summed E-state index contributed by atoms with van der Waals surface area (Å²) in [4.78, 5) is 38.1. The Bertz CT molecular complexity index is 985. The van der Waals surface area contributed by atoms with Crippen LogP contribution in [-0.2, 0) is 19.1 Å². The average Bonchev–Trinajstić information content (AvgIpc) is 2.85. The number of allylic oxidation sites excluding steroid dienone is 2. The molecule has 0 bridgehead atoms. The Morgan fingerprint density at radius 1 is 0.902 bits per heavy atom. The topological polar surface area (TPSA) is 60.4 Å². The van der Waals surface area contributed by atoms with Crippen LogP contribution in [0.15, 0.2) is 11.6 Å². The third-order valence-corrected chi connectivity index (χ3v) is 12.1. The summed E-state index contributed by atoms with van der Waals surface area (Å²) < 4.78 is 5.31. The van der Waals surface area contributed by atoms with Crippen molar-refractivity contribution in [3.05, 3.63) is 11.6 Å². The van der Waals surface area contributed by atoms with Crippen molar-refractivity contribution >= 4 is 17.5 Å². The number of hydrogen-bond donors (Lipinski definition) is 0. The van der Waals surface area contributed by atoms with Crippen molar-refractivity contribution in [1.82, 2.24) is 0 Å². The summed E-state index contributed by atoms with van der Waals surface area (Å²) in [5, 5.41) is 0. The maximum Gasteiger partial charge on any atom is 0.305 e. The molecule has 0 aliphatic heterocycles. The van der Waals surface area contributed by atoms with Crippen molar-refractivity contribution in [3.63, 3.8) is 0 Å². The minimum atomic E-state index is -0.370. The Morgan fingerprint density at radius 2 is 1.51 bits per heavy atom. The van der Waals surface area contributed by atoms with Crippen LogP contribution in [0.25, 0.3) is 0 Å². The Hall–Kier alpha value is -1.45. The van der Waals surface area contributed by atoms with Crippen LogP contribution >= 0.6 is 0 Å². The van der Waals surface area contributed by atoms with E-state index in [-0.39, 0.29) is 50.2 Å². The van der Waals surface area contributed by atoms with Crippen LogP contribution in [-0.4, -0.2) is 24.1 Å². The molecule has 0 spiro atoms. The van der Waals surface area contributed by atoms with E-state index in [1.54, 1.807) is 6.92 Å². The highest BCUT2D eigenvalue weighted by Crippen LogP contribution is 2.67. The van der Waals surface area contributed by atoms with Gasteiger partial charge in [0.05, 0.1) is 6.61 Å². The molecule has 0 saturated heterocycles. The SMILES string of the molecule is CCCC(C)(C)CC[C@](C)(CCC(=O)OCC)CCC(C)(C)[C@]1(C)CC[C@H]2C(C)(C)C(=O)CC[C@]2(C)/C1=C/C(C)=O. The molecule has 2 saturated carbocycles. The zero-order chi connectivity index (χ0) is 31.5. The molecule has 236 valence electrons. The van der Waals surface area contributed by atoms with E-state index in [9.17, 15) is 14.4 Å². The highest BCUT2D eigenvalue weighted by Gasteiger charge is 2.61. The number of rotatable bonds is 14. The fraction of sp³-hybridized carbons (Fsp3) is 0.865. The molecule has 2 aliphatic rings. The third kappa shape index (κ3) is 7.94. The molecule has 0 unspecified atom stereocenters. The average molecular weight is 573 g/mol. The molecule has 2 aliphatic carbocycles. The summed E-state index contributed by atoms with van der Waals surface area (Å²) in [6, 6.07) is 0. The van der Waals surface area contributed by atoms with Crippen LogP contribution < -0.4 is 0 Å². The lowest BCUT2D eigenvalue weighted by atomic mass is 9.41. The normalized spacial score (nSPS) is 29.1. The van der Waals surface area contributed by atoms with Crippen LogP contribution in [0.4, 0.5) is 0 Å². The van der Waals surface area contributed by atoms with E-state index in [0.717, 1.165) is 51.4 Å². The van der Waals surface area contributed by atoms with Gasteiger partial charge in [0.15, 0.2) is 5.78 Å². The number of Topliss-reactive ketones (excluding diaryl/α,β-unsaturated/α-hetero) is 1. The lowest BCUT2D eigenvalue weighted by molar-refractivity contribution is -0.144. The minimum absolute atomic E-state index is 0.0379. The maximum absolute atomic E-state index is 13.0. The van der Waals surface area contributed by atoms with Gasteiger partial charge in [-0.05, 0) is 111 Å². The molecule has 0 aromatic carbocycles. The Kier molecular flexibility index (Phi) is 11.4. The Morgan fingerprint density at radius 3 is 2.07 bits per heavy atom. The highest BCUT2D eigenvalue weighted by atomic mass is 16.5. The second kappa shape index (κ2) is 13.0. The standard InChI is InChI=1S/C37H64O4/c1-13-18-32(4,5)22-24-35(10,19-17-31(40)41-14-2)25-23-33(6,7)37(12)21-15-28-34(8,9)30(39)16-20-36(28,11)29(37)26-27(3)38/h26,28H,13-25H2,1-12H3/b29-26-/t28-,35-,36-,37+/m0/s1. The molecule has 4 atom stereocenters. The fourth-order valence-corrected chi connectivity index (χ4v) is 8.63. The summed E-state index contributed by atoms with van der Waals surface area (Å²) in [6.07, 6.45) is 13.4. The van der Waals surface area contributed by atoms with E-state index in [2.05, 4.69) is 69.2 Å². The van der Waals surface area contributed by atoms with Crippen LogP contribution in [0.5, 0.6) is 0 Å². The molecular formula is C37H64O4. The number of esters is 1. The smallest absolute Gasteiger partial charge is 0.305 e. The first kappa shape index (κ1) is 35.7. The molecule has 41 heavy (non-hydrogen) atoms.